The quantitative estimate of drug-likeness (QED) is 0.719. The molecule has 1 heterocycles. The van der Waals surface area contributed by atoms with Gasteiger partial charge in [0, 0.05) is 18.3 Å². The van der Waals surface area contributed by atoms with Crippen molar-refractivity contribution < 1.29 is 9.59 Å². The number of hydrogen-bond donors (Lipinski definition) is 2. The van der Waals surface area contributed by atoms with E-state index in [4.69, 9.17) is 5.26 Å². The molecule has 6 heteroatoms. The van der Waals surface area contributed by atoms with E-state index in [1.54, 1.807) is 24.3 Å². The Bertz CT molecular complexity index is 1070. The van der Waals surface area contributed by atoms with Gasteiger partial charge in [0.2, 0.25) is 0 Å². The van der Waals surface area contributed by atoms with E-state index in [1.807, 2.05) is 37.3 Å². The van der Waals surface area contributed by atoms with E-state index in [0.717, 1.165) is 11.1 Å². The van der Waals surface area contributed by atoms with Crippen LogP contribution in [0, 0.1) is 18.3 Å². The minimum Gasteiger partial charge on any atom is -0.347 e. The van der Waals surface area contributed by atoms with E-state index in [0.29, 0.717) is 17.8 Å². The van der Waals surface area contributed by atoms with E-state index >= 15 is 0 Å². The number of nitrogens with one attached hydrogen (secondary N) is 2. The molecule has 0 bridgehead atoms. The van der Waals surface area contributed by atoms with E-state index in [9.17, 15) is 9.59 Å². The van der Waals surface area contributed by atoms with Crippen LogP contribution >= 0.6 is 0 Å². The number of anilines is 1. The summed E-state index contributed by atoms with van der Waals surface area (Å²) in [7, 11) is 0. The molecule has 3 rings (SSSR count). The Kier molecular flexibility index (Phi) is 5.78. The number of carbonyl (C=O) groups excluding carboxylic acids is 2. The zero-order valence-electron chi connectivity index (χ0n) is 15.3. The fourth-order valence-electron chi connectivity index (χ4n) is 2.68. The molecule has 2 N–H and O–H groups in total. The summed E-state index contributed by atoms with van der Waals surface area (Å²) in [4.78, 5) is 28.9. The molecular weight excluding hydrogens is 352 g/mol. The normalized spacial score (nSPS) is 10.0. The second kappa shape index (κ2) is 8.60. The third kappa shape index (κ3) is 4.59. The van der Waals surface area contributed by atoms with Gasteiger partial charge in [0.25, 0.3) is 11.8 Å². The van der Waals surface area contributed by atoms with Gasteiger partial charge in [-0.05, 0) is 36.8 Å². The van der Waals surface area contributed by atoms with Gasteiger partial charge in [0.15, 0.2) is 0 Å². The van der Waals surface area contributed by atoms with Crippen molar-refractivity contribution in [1.29, 1.82) is 5.26 Å². The fourth-order valence-corrected chi connectivity index (χ4v) is 2.68. The van der Waals surface area contributed by atoms with Crippen LogP contribution in [0.2, 0.25) is 0 Å². The van der Waals surface area contributed by atoms with Crippen LogP contribution in [0.1, 0.15) is 37.5 Å². The predicted molar refractivity (Wildman–Crippen MR) is 106 cm³/mol. The van der Waals surface area contributed by atoms with E-state index in [1.165, 1.54) is 18.3 Å². The highest BCUT2D eigenvalue weighted by Crippen LogP contribution is 2.15. The molecule has 0 saturated heterocycles. The molecule has 0 spiro atoms. The number of para-hydroxylation sites is 1. The number of carbonyl (C=O) groups is 2. The number of amides is 2. The summed E-state index contributed by atoms with van der Waals surface area (Å²) in [6, 6.07) is 19.5. The summed E-state index contributed by atoms with van der Waals surface area (Å²) in [6.45, 7) is 2.35. The Morgan fingerprint density at radius 2 is 1.86 bits per heavy atom. The van der Waals surface area contributed by atoms with Gasteiger partial charge >= 0.3 is 0 Å². The first-order chi connectivity index (χ1) is 13.6. The Labute approximate surface area is 162 Å². The summed E-state index contributed by atoms with van der Waals surface area (Å²) in [5.74, 6) is -0.786. The van der Waals surface area contributed by atoms with Crippen molar-refractivity contribution in [1.82, 2.24) is 10.3 Å². The first kappa shape index (κ1) is 18.8. The SMILES string of the molecule is Cc1cccc(CNC(=O)c2cc(C(=O)Nc3ccccc3C#N)ccn2)c1. The third-order valence-electron chi connectivity index (χ3n) is 4.09. The zero-order valence-corrected chi connectivity index (χ0v) is 15.3. The number of nitriles is 1. The monoisotopic (exact) mass is 370 g/mol. The standard InChI is InChI=1S/C22H18N4O2/c1-15-5-4-6-16(11-15)14-25-22(28)20-12-17(9-10-24-20)21(27)26-19-8-3-2-7-18(19)13-23/h2-12H,14H2,1H3,(H,25,28)(H,26,27). The van der Waals surface area contributed by atoms with Crippen molar-refractivity contribution in [2.75, 3.05) is 5.32 Å². The lowest BCUT2D eigenvalue weighted by molar-refractivity contribution is 0.0946. The molecule has 0 atom stereocenters. The smallest absolute Gasteiger partial charge is 0.270 e. The number of rotatable bonds is 5. The Morgan fingerprint density at radius 1 is 1.04 bits per heavy atom. The second-order valence-electron chi connectivity index (χ2n) is 6.21. The highest BCUT2D eigenvalue weighted by atomic mass is 16.2. The van der Waals surface area contributed by atoms with Crippen molar-refractivity contribution in [3.8, 4) is 6.07 Å². The maximum Gasteiger partial charge on any atom is 0.270 e. The molecule has 2 amide bonds. The van der Waals surface area contributed by atoms with Crippen LogP contribution in [0.15, 0.2) is 66.9 Å². The highest BCUT2D eigenvalue weighted by molar-refractivity contribution is 6.06. The lowest BCUT2D eigenvalue weighted by Gasteiger charge is -2.09. The predicted octanol–water partition coefficient (Wildman–Crippen LogP) is 3.44. The Hall–Kier alpha value is -3.98. The van der Waals surface area contributed by atoms with Gasteiger partial charge in [0.1, 0.15) is 11.8 Å². The zero-order chi connectivity index (χ0) is 19.9. The molecule has 3 aromatic rings. The molecule has 0 unspecified atom stereocenters. The summed E-state index contributed by atoms with van der Waals surface area (Å²) >= 11 is 0. The molecule has 0 radical (unpaired) electrons. The Balaban J connectivity index is 1.70. The van der Waals surface area contributed by atoms with Crippen LogP contribution in [0.4, 0.5) is 5.69 Å². The molecule has 0 fully saturated rings. The van der Waals surface area contributed by atoms with Crippen LogP contribution < -0.4 is 10.6 Å². The van der Waals surface area contributed by atoms with Crippen molar-refractivity contribution in [3.05, 3.63) is 94.8 Å². The first-order valence-electron chi connectivity index (χ1n) is 8.67. The molecule has 28 heavy (non-hydrogen) atoms. The summed E-state index contributed by atoms with van der Waals surface area (Å²) < 4.78 is 0. The second-order valence-corrected chi connectivity index (χ2v) is 6.21. The minimum absolute atomic E-state index is 0.147. The number of aryl methyl sites for hydroxylation is 1. The van der Waals surface area contributed by atoms with E-state index in [-0.39, 0.29) is 17.2 Å². The average Bonchev–Trinajstić information content (AvgIpc) is 2.72. The number of benzene rings is 2. The van der Waals surface area contributed by atoms with Crippen molar-refractivity contribution in [3.63, 3.8) is 0 Å². The molecular formula is C22H18N4O2. The van der Waals surface area contributed by atoms with Crippen LogP contribution in [0.5, 0.6) is 0 Å². The fraction of sp³-hybridized carbons (Fsp3) is 0.0909. The molecule has 0 aliphatic rings. The molecule has 0 aliphatic heterocycles. The number of nitrogens with zero attached hydrogens (tertiary/aromatic N) is 2. The molecule has 6 nitrogen and oxygen atoms in total. The summed E-state index contributed by atoms with van der Waals surface area (Å²) in [5, 5.41) is 14.6. The van der Waals surface area contributed by atoms with Crippen molar-refractivity contribution >= 4 is 17.5 Å². The van der Waals surface area contributed by atoms with Gasteiger partial charge < -0.3 is 10.6 Å². The minimum atomic E-state index is -0.419. The number of aromatic nitrogens is 1. The van der Waals surface area contributed by atoms with Gasteiger partial charge in [0.05, 0.1) is 11.3 Å². The Morgan fingerprint density at radius 3 is 2.64 bits per heavy atom. The maximum absolute atomic E-state index is 12.5. The van der Waals surface area contributed by atoms with Gasteiger partial charge in [-0.25, -0.2) is 0 Å². The van der Waals surface area contributed by atoms with Gasteiger partial charge in [-0.15, -0.1) is 0 Å². The van der Waals surface area contributed by atoms with Gasteiger partial charge in [-0.1, -0.05) is 42.0 Å². The van der Waals surface area contributed by atoms with Crippen LogP contribution in [0.25, 0.3) is 0 Å². The van der Waals surface area contributed by atoms with Gasteiger partial charge in [-0.3, -0.25) is 14.6 Å². The number of hydrogen-bond acceptors (Lipinski definition) is 4. The van der Waals surface area contributed by atoms with Crippen LogP contribution in [-0.2, 0) is 6.54 Å². The summed E-state index contributed by atoms with van der Waals surface area (Å²) in [6.07, 6.45) is 1.41. The first-order valence-corrected chi connectivity index (χ1v) is 8.67. The van der Waals surface area contributed by atoms with Crippen LogP contribution in [-0.4, -0.2) is 16.8 Å². The number of pyridine rings is 1. The highest BCUT2D eigenvalue weighted by Gasteiger charge is 2.13. The molecule has 0 aliphatic carbocycles. The molecule has 2 aromatic carbocycles. The van der Waals surface area contributed by atoms with Crippen molar-refractivity contribution in [2.45, 2.75) is 13.5 Å². The lowest BCUT2D eigenvalue weighted by atomic mass is 10.1. The van der Waals surface area contributed by atoms with Gasteiger partial charge in [-0.2, -0.15) is 5.26 Å². The third-order valence-corrected chi connectivity index (χ3v) is 4.09. The lowest BCUT2D eigenvalue weighted by Crippen LogP contribution is -2.24. The van der Waals surface area contributed by atoms with E-state index < -0.39 is 5.91 Å². The molecule has 138 valence electrons. The summed E-state index contributed by atoms with van der Waals surface area (Å²) in [5.41, 5.74) is 3.30. The molecule has 1 aromatic heterocycles. The van der Waals surface area contributed by atoms with Crippen LogP contribution in [0.3, 0.4) is 0 Å². The largest absolute Gasteiger partial charge is 0.347 e. The maximum atomic E-state index is 12.5. The molecule has 0 saturated carbocycles. The topological polar surface area (TPSA) is 94.9 Å². The van der Waals surface area contributed by atoms with E-state index in [2.05, 4.69) is 15.6 Å². The van der Waals surface area contributed by atoms with Crippen molar-refractivity contribution in [2.24, 2.45) is 0 Å². The average molecular weight is 370 g/mol.